The van der Waals surface area contributed by atoms with Crippen LogP contribution < -0.4 is 0 Å². The lowest BCUT2D eigenvalue weighted by Crippen LogP contribution is -2.39. The van der Waals surface area contributed by atoms with E-state index in [0.717, 1.165) is 22.8 Å². The van der Waals surface area contributed by atoms with Gasteiger partial charge in [0.2, 0.25) is 0 Å². The van der Waals surface area contributed by atoms with Gasteiger partial charge in [-0.3, -0.25) is 4.79 Å². The average molecular weight is 428 g/mol. The summed E-state index contributed by atoms with van der Waals surface area (Å²) in [6, 6.07) is 5.97. The number of aliphatic hydroxyl groups is 1. The molecule has 2 aromatic rings. The summed E-state index contributed by atoms with van der Waals surface area (Å²) >= 11 is 0. The second kappa shape index (κ2) is 8.79. The van der Waals surface area contributed by atoms with Crippen molar-refractivity contribution in [2.75, 3.05) is 20.2 Å². The molecule has 0 fully saturated rings. The molecule has 4 nitrogen and oxygen atoms in total. The highest BCUT2D eigenvalue weighted by Crippen LogP contribution is 2.38. The molecular formula is C22H28F4N2O2. The highest BCUT2D eigenvalue weighted by atomic mass is 19.4. The van der Waals surface area contributed by atoms with Crippen LogP contribution in [0.15, 0.2) is 30.3 Å². The van der Waals surface area contributed by atoms with Gasteiger partial charge in [-0.05, 0) is 29.7 Å². The maximum atomic E-state index is 13.8. The van der Waals surface area contributed by atoms with Gasteiger partial charge in [-0.25, -0.2) is 4.39 Å². The van der Waals surface area contributed by atoms with Gasteiger partial charge in [-0.15, -0.1) is 0 Å². The van der Waals surface area contributed by atoms with Crippen molar-refractivity contribution in [1.29, 1.82) is 0 Å². The standard InChI is InChI=1S/C22H28F4N2O2/c1-14(2)11-28-18(22(24,25)26)10-17(15-6-8-16(23)9-7-15)19(28)20(30)27(5)12-21(3,4)13-29/h6-10,14,29H,11-13H2,1-5H3. The molecule has 8 heteroatoms. The Morgan fingerprint density at radius 2 is 1.73 bits per heavy atom. The van der Waals surface area contributed by atoms with Crippen LogP contribution in [0.1, 0.15) is 43.9 Å². The van der Waals surface area contributed by atoms with Gasteiger partial charge >= 0.3 is 6.18 Å². The van der Waals surface area contributed by atoms with Gasteiger partial charge in [0.25, 0.3) is 5.91 Å². The predicted molar refractivity (Wildman–Crippen MR) is 107 cm³/mol. The Balaban J connectivity index is 2.71. The monoisotopic (exact) mass is 428 g/mol. The molecule has 0 spiro atoms. The molecule has 0 saturated heterocycles. The van der Waals surface area contributed by atoms with E-state index in [1.54, 1.807) is 27.7 Å². The third kappa shape index (κ3) is 5.41. The number of carbonyl (C=O) groups is 1. The molecule has 1 aromatic carbocycles. The first-order valence-corrected chi connectivity index (χ1v) is 9.70. The highest BCUT2D eigenvalue weighted by Gasteiger charge is 2.39. The number of amides is 1. The summed E-state index contributed by atoms with van der Waals surface area (Å²) in [4.78, 5) is 14.6. The van der Waals surface area contributed by atoms with Crippen LogP contribution in [0.4, 0.5) is 17.6 Å². The molecule has 0 bridgehead atoms. The summed E-state index contributed by atoms with van der Waals surface area (Å²) in [6.45, 7) is 7.01. The van der Waals surface area contributed by atoms with Crippen LogP contribution in [0.2, 0.25) is 0 Å². The molecule has 0 unspecified atom stereocenters. The number of benzene rings is 1. The molecule has 1 N–H and O–H groups in total. The van der Waals surface area contributed by atoms with E-state index >= 15 is 0 Å². The lowest BCUT2D eigenvalue weighted by molar-refractivity contribution is -0.143. The number of halogens is 4. The Hall–Kier alpha value is -2.35. The summed E-state index contributed by atoms with van der Waals surface area (Å²) in [6.07, 6.45) is -4.66. The summed E-state index contributed by atoms with van der Waals surface area (Å²) in [5, 5.41) is 9.51. The number of hydrogen-bond acceptors (Lipinski definition) is 2. The van der Waals surface area contributed by atoms with Crippen LogP contribution >= 0.6 is 0 Å². The predicted octanol–water partition coefficient (Wildman–Crippen LogP) is 5.06. The largest absolute Gasteiger partial charge is 0.431 e. The van der Waals surface area contributed by atoms with E-state index in [9.17, 15) is 27.5 Å². The highest BCUT2D eigenvalue weighted by molar-refractivity contribution is 6.00. The second-order valence-corrected chi connectivity index (χ2v) is 8.78. The van der Waals surface area contributed by atoms with Gasteiger partial charge in [0.15, 0.2) is 0 Å². The lowest BCUT2D eigenvalue weighted by Gasteiger charge is -2.29. The van der Waals surface area contributed by atoms with Crippen molar-refractivity contribution in [2.45, 2.75) is 40.4 Å². The van der Waals surface area contributed by atoms with Crippen molar-refractivity contribution in [3.05, 3.63) is 47.5 Å². The Morgan fingerprint density at radius 3 is 2.20 bits per heavy atom. The second-order valence-electron chi connectivity index (χ2n) is 8.78. The minimum Gasteiger partial charge on any atom is -0.396 e. The zero-order valence-electron chi connectivity index (χ0n) is 17.8. The van der Waals surface area contributed by atoms with Gasteiger partial charge in [0.1, 0.15) is 17.2 Å². The van der Waals surface area contributed by atoms with Crippen LogP contribution in [0.3, 0.4) is 0 Å². The van der Waals surface area contributed by atoms with E-state index in [4.69, 9.17) is 0 Å². The molecule has 1 amide bonds. The Bertz CT molecular complexity index is 884. The fraction of sp³-hybridized carbons (Fsp3) is 0.500. The van der Waals surface area contributed by atoms with Gasteiger partial charge in [-0.1, -0.05) is 39.8 Å². The smallest absolute Gasteiger partial charge is 0.396 e. The van der Waals surface area contributed by atoms with E-state index in [2.05, 4.69) is 0 Å². The number of hydrogen-bond donors (Lipinski definition) is 1. The minimum atomic E-state index is -4.66. The van der Waals surface area contributed by atoms with Gasteiger partial charge < -0.3 is 14.6 Å². The van der Waals surface area contributed by atoms with Crippen LogP contribution in [0.5, 0.6) is 0 Å². The molecule has 0 aliphatic heterocycles. The van der Waals surface area contributed by atoms with Gasteiger partial charge in [-0.2, -0.15) is 13.2 Å². The maximum Gasteiger partial charge on any atom is 0.431 e. The summed E-state index contributed by atoms with van der Waals surface area (Å²) in [7, 11) is 1.49. The Labute approximate surface area is 174 Å². The summed E-state index contributed by atoms with van der Waals surface area (Å²) in [5.74, 6) is -1.26. The van der Waals surface area contributed by atoms with Crippen LogP contribution in [-0.4, -0.2) is 40.7 Å². The fourth-order valence-electron chi connectivity index (χ4n) is 3.36. The van der Waals surface area contributed by atoms with E-state index in [0.29, 0.717) is 5.56 Å². The number of rotatable bonds is 7. The third-order valence-electron chi connectivity index (χ3n) is 4.73. The van der Waals surface area contributed by atoms with E-state index in [1.165, 1.54) is 24.1 Å². The van der Waals surface area contributed by atoms with E-state index in [1.807, 2.05) is 0 Å². The van der Waals surface area contributed by atoms with Gasteiger partial charge in [0.05, 0.1) is 0 Å². The summed E-state index contributed by atoms with van der Waals surface area (Å²) < 4.78 is 55.9. The Morgan fingerprint density at radius 1 is 1.17 bits per heavy atom. The Kier molecular flexibility index (Phi) is 7.01. The number of nitrogens with zero attached hydrogens (tertiary/aromatic N) is 2. The topological polar surface area (TPSA) is 45.5 Å². The molecule has 0 aliphatic carbocycles. The van der Waals surface area contributed by atoms with Crippen molar-refractivity contribution < 1.29 is 27.5 Å². The van der Waals surface area contributed by atoms with Crippen LogP contribution in [-0.2, 0) is 12.7 Å². The number of aliphatic hydroxyl groups excluding tert-OH is 1. The molecule has 0 radical (unpaired) electrons. The van der Waals surface area contributed by atoms with Gasteiger partial charge in [0, 0.05) is 37.7 Å². The van der Waals surface area contributed by atoms with Crippen molar-refractivity contribution >= 4 is 5.91 Å². The van der Waals surface area contributed by atoms with Crippen molar-refractivity contribution in [1.82, 2.24) is 9.47 Å². The fourth-order valence-corrected chi connectivity index (χ4v) is 3.36. The molecule has 1 heterocycles. The number of aromatic nitrogens is 1. The number of alkyl halides is 3. The third-order valence-corrected chi connectivity index (χ3v) is 4.73. The van der Waals surface area contributed by atoms with E-state index in [-0.39, 0.29) is 36.9 Å². The molecule has 2 rings (SSSR count). The first kappa shape index (κ1) is 23.9. The number of carbonyl (C=O) groups excluding carboxylic acids is 1. The first-order valence-electron chi connectivity index (χ1n) is 9.70. The molecule has 166 valence electrons. The molecule has 0 saturated carbocycles. The van der Waals surface area contributed by atoms with Crippen molar-refractivity contribution in [2.24, 2.45) is 11.3 Å². The molecule has 0 aliphatic rings. The van der Waals surface area contributed by atoms with Crippen molar-refractivity contribution in [3.63, 3.8) is 0 Å². The maximum absolute atomic E-state index is 13.8. The molecular weight excluding hydrogens is 400 g/mol. The average Bonchev–Trinajstić information content (AvgIpc) is 3.00. The van der Waals surface area contributed by atoms with Crippen molar-refractivity contribution in [3.8, 4) is 11.1 Å². The minimum absolute atomic E-state index is 0.00561. The quantitative estimate of drug-likeness (QED) is 0.627. The van der Waals surface area contributed by atoms with Crippen LogP contribution in [0.25, 0.3) is 11.1 Å². The lowest BCUT2D eigenvalue weighted by atomic mass is 9.94. The molecule has 1 aromatic heterocycles. The normalized spacial score (nSPS) is 12.5. The zero-order chi connectivity index (χ0) is 22.9. The van der Waals surface area contributed by atoms with Crippen LogP contribution in [0, 0.1) is 17.2 Å². The summed E-state index contributed by atoms with van der Waals surface area (Å²) in [5.41, 5.74) is -1.22. The SMILES string of the molecule is CC(C)Cn1c(C(F)(F)F)cc(-c2ccc(F)cc2)c1C(=O)N(C)CC(C)(C)CO. The molecule has 30 heavy (non-hydrogen) atoms. The first-order chi connectivity index (χ1) is 13.8. The van der Waals surface area contributed by atoms with E-state index < -0.39 is 29.0 Å². The molecule has 0 atom stereocenters. The zero-order valence-corrected chi connectivity index (χ0v) is 17.8.